The van der Waals surface area contributed by atoms with E-state index in [4.69, 9.17) is 39.5 Å². The molecule has 8 nitrogen and oxygen atoms in total. The summed E-state index contributed by atoms with van der Waals surface area (Å²) in [4.78, 5) is 51.7. The van der Waals surface area contributed by atoms with E-state index < -0.39 is 23.7 Å². The van der Waals surface area contributed by atoms with Crippen molar-refractivity contribution in [3.63, 3.8) is 0 Å². The molecule has 0 radical (unpaired) electrons. The highest BCUT2D eigenvalue weighted by atomic mass is 35.5. The van der Waals surface area contributed by atoms with Crippen LogP contribution in [0.4, 0.5) is 17.1 Å². The minimum absolute atomic E-state index is 0.156. The minimum Gasteiger partial charge on any atom is -0.459 e. The molecule has 0 atom stereocenters. The standard InChI is InChI=1S/C27H20Cl3N3O5/c1-14(2)38-27(37)16-6-4-8-18(12-16)32-24(34)15-5-3-7-17(11-15)31-23-22(30)25(35)33(26(23)36)19-9-10-20(28)21(29)13-19/h3-14,31H,1-2H3,(H,32,34). The Morgan fingerprint density at radius 3 is 2.16 bits per heavy atom. The summed E-state index contributed by atoms with van der Waals surface area (Å²) in [6.07, 6.45) is -0.280. The Hall–Kier alpha value is -3.85. The van der Waals surface area contributed by atoms with Crippen LogP contribution in [-0.2, 0) is 14.3 Å². The second-order valence-electron chi connectivity index (χ2n) is 8.43. The number of anilines is 3. The van der Waals surface area contributed by atoms with Gasteiger partial charge in [-0.1, -0.05) is 46.9 Å². The first kappa shape index (κ1) is 27.2. The molecule has 0 unspecified atom stereocenters. The molecule has 3 aromatic rings. The van der Waals surface area contributed by atoms with Gasteiger partial charge in [-0.25, -0.2) is 9.69 Å². The number of esters is 1. The molecule has 4 rings (SSSR count). The molecule has 0 saturated carbocycles. The highest BCUT2D eigenvalue weighted by Crippen LogP contribution is 2.33. The molecule has 194 valence electrons. The van der Waals surface area contributed by atoms with Crippen molar-refractivity contribution in [3.8, 4) is 0 Å². The van der Waals surface area contributed by atoms with Crippen LogP contribution in [0, 0.1) is 0 Å². The van der Waals surface area contributed by atoms with E-state index in [9.17, 15) is 19.2 Å². The van der Waals surface area contributed by atoms with Gasteiger partial charge in [0, 0.05) is 16.9 Å². The number of carbonyl (C=O) groups excluding carboxylic acids is 4. The maximum atomic E-state index is 13.0. The molecule has 1 aliphatic rings. The highest BCUT2D eigenvalue weighted by molar-refractivity contribution is 6.53. The number of nitrogens with one attached hydrogen (secondary N) is 2. The van der Waals surface area contributed by atoms with Crippen LogP contribution in [0.15, 0.2) is 77.5 Å². The largest absolute Gasteiger partial charge is 0.459 e. The molecular weight excluding hydrogens is 553 g/mol. The third-order valence-electron chi connectivity index (χ3n) is 5.28. The molecule has 38 heavy (non-hydrogen) atoms. The van der Waals surface area contributed by atoms with Crippen molar-refractivity contribution < 1.29 is 23.9 Å². The molecule has 1 aliphatic heterocycles. The molecule has 0 fully saturated rings. The van der Waals surface area contributed by atoms with E-state index in [-0.39, 0.29) is 38.1 Å². The van der Waals surface area contributed by atoms with Crippen molar-refractivity contribution in [1.29, 1.82) is 0 Å². The lowest BCUT2D eigenvalue weighted by atomic mass is 10.1. The first-order chi connectivity index (χ1) is 18.0. The van der Waals surface area contributed by atoms with Gasteiger partial charge < -0.3 is 15.4 Å². The Morgan fingerprint density at radius 1 is 0.816 bits per heavy atom. The van der Waals surface area contributed by atoms with Crippen LogP contribution in [-0.4, -0.2) is 29.8 Å². The van der Waals surface area contributed by atoms with Crippen LogP contribution in [0.2, 0.25) is 10.0 Å². The summed E-state index contributed by atoms with van der Waals surface area (Å²) >= 11 is 18.2. The van der Waals surface area contributed by atoms with Crippen LogP contribution < -0.4 is 15.5 Å². The lowest BCUT2D eigenvalue weighted by molar-refractivity contribution is -0.120. The van der Waals surface area contributed by atoms with Gasteiger partial charge >= 0.3 is 5.97 Å². The quantitative estimate of drug-likeness (QED) is 0.256. The number of imide groups is 1. The fraction of sp³-hybridized carbons (Fsp3) is 0.111. The van der Waals surface area contributed by atoms with Crippen LogP contribution in [0.25, 0.3) is 0 Å². The summed E-state index contributed by atoms with van der Waals surface area (Å²) in [6.45, 7) is 3.49. The Morgan fingerprint density at radius 2 is 1.47 bits per heavy atom. The summed E-state index contributed by atoms with van der Waals surface area (Å²) in [5.41, 5.74) is 1.33. The number of hydrogen-bond acceptors (Lipinski definition) is 6. The van der Waals surface area contributed by atoms with Crippen molar-refractivity contribution in [2.24, 2.45) is 0 Å². The first-order valence-electron chi connectivity index (χ1n) is 11.3. The number of nitrogens with zero attached hydrogens (tertiary/aromatic N) is 1. The first-order valence-corrected chi connectivity index (χ1v) is 12.4. The average molecular weight is 573 g/mol. The van der Waals surface area contributed by atoms with Crippen LogP contribution >= 0.6 is 34.8 Å². The van der Waals surface area contributed by atoms with Crippen LogP contribution in [0.1, 0.15) is 34.6 Å². The fourth-order valence-electron chi connectivity index (χ4n) is 3.56. The summed E-state index contributed by atoms with van der Waals surface area (Å²) in [5.74, 6) is -2.40. The van der Waals surface area contributed by atoms with Crippen molar-refractivity contribution in [2.75, 3.05) is 15.5 Å². The Balaban J connectivity index is 1.50. The molecule has 11 heteroatoms. The summed E-state index contributed by atoms with van der Waals surface area (Å²) < 4.78 is 5.19. The Bertz CT molecular complexity index is 1500. The lowest BCUT2D eigenvalue weighted by Gasteiger charge is -2.16. The number of rotatable bonds is 7. The summed E-state index contributed by atoms with van der Waals surface area (Å²) in [7, 11) is 0. The SMILES string of the molecule is CC(C)OC(=O)c1cccc(NC(=O)c2cccc(NC3=C(Cl)C(=O)N(c4ccc(Cl)c(Cl)c4)C3=O)c2)c1. The van der Waals surface area contributed by atoms with E-state index in [0.717, 1.165) is 4.90 Å². The van der Waals surface area contributed by atoms with E-state index in [1.54, 1.807) is 50.2 Å². The van der Waals surface area contributed by atoms with E-state index in [0.29, 0.717) is 16.9 Å². The monoisotopic (exact) mass is 571 g/mol. The van der Waals surface area contributed by atoms with Crippen molar-refractivity contribution in [1.82, 2.24) is 0 Å². The predicted molar refractivity (Wildman–Crippen MR) is 147 cm³/mol. The number of halogens is 3. The molecule has 0 aliphatic carbocycles. The zero-order valence-electron chi connectivity index (χ0n) is 20.1. The number of carbonyl (C=O) groups is 4. The van der Waals surface area contributed by atoms with Gasteiger partial charge in [0.05, 0.1) is 27.4 Å². The van der Waals surface area contributed by atoms with Gasteiger partial charge in [-0.2, -0.15) is 0 Å². The minimum atomic E-state index is -0.734. The molecule has 2 N–H and O–H groups in total. The normalized spacial score (nSPS) is 13.3. The zero-order valence-corrected chi connectivity index (χ0v) is 22.3. The maximum absolute atomic E-state index is 13.0. The smallest absolute Gasteiger partial charge is 0.338 e. The highest BCUT2D eigenvalue weighted by Gasteiger charge is 2.39. The van der Waals surface area contributed by atoms with Crippen molar-refractivity contribution in [3.05, 3.63) is 98.6 Å². The molecular formula is C27H20Cl3N3O5. The molecule has 3 amide bonds. The molecule has 0 spiro atoms. The number of benzene rings is 3. The predicted octanol–water partition coefficient (Wildman–Crippen LogP) is 6.25. The van der Waals surface area contributed by atoms with Gasteiger partial charge in [0.1, 0.15) is 10.7 Å². The van der Waals surface area contributed by atoms with E-state index in [1.807, 2.05) is 0 Å². The molecule has 0 saturated heterocycles. The molecule has 1 heterocycles. The average Bonchev–Trinajstić information content (AvgIpc) is 3.08. The summed E-state index contributed by atoms with van der Waals surface area (Å²) in [5, 5.41) is 5.68. The van der Waals surface area contributed by atoms with Gasteiger partial charge in [-0.3, -0.25) is 14.4 Å². The van der Waals surface area contributed by atoms with Crippen molar-refractivity contribution in [2.45, 2.75) is 20.0 Å². The fourth-order valence-corrected chi connectivity index (χ4v) is 4.07. The Labute approximate surface area is 233 Å². The molecule has 0 aromatic heterocycles. The number of hydrogen-bond donors (Lipinski definition) is 2. The Kier molecular flexibility index (Phi) is 8.06. The third-order valence-corrected chi connectivity index (χ3v) is 6.37. The third kappa shape index (κ3) is 5.83. The number of ether oxygens (including phenoxy) is 1. The van der Waals surface area contributed by atoms with Crippen LogP contribution in [0.3, 0.4) is 0 Å². The second kappa shape index (κ2) is 11.3. The van der Waals surface area contributed by atoms with Gasteiger partial charge in [0.25, 0.3) is 17.7 Å². The van der Waals surface area contributed by atoms with Crippen molar-refractivity contribution >= 4 is 75.6 Å². The van der Waals surface area contributed by atoms with Gasteiger partial charge in [-0.05, 0) is 68.4 Å². The molecule has 3 aromatic carbocycles. The topological polar surface area (TPSA) is 105 Å². The van der Waals surface area contributed by atoms with Crippen LogP contribution in [0.5, 0.6) is 0 Å². The van der Waals surface area contributed by atoms with E-state index >= 15 is 0 Å². The maximum Gasteiger partial charge on any atom is 0.338 e. The summed E-state index contributed by atoms with van der Waals surface area (Å²) in [6, 6.07) is 16.9. The lowest BCUT2D eigenvalue weighted by Crippen LogP contribution is -2.32. The zero-order chi connectivity index (χ0) is 27.6. The van der Waals surface area contributed by atoms with Gasteiger partial charge in [-0.15, -0.1) is 0 Å². The van der Waals surface area contributed by atoms with E-state index in [2.05, 4.69) is 10.6 Å². The number of amides is 3. The molecule has 0 bridgehead atoms. The second-order valence-corrected chi connectivity index (χ2v) is 9.62. The van der Waals surface area contributed by atoms with E-state index in [1.165, 1.54) is 30.3 Å². The van der Waals surface area contributed by atoms with Gasteiger partial charge in [0.2, 0.25) is 0 Å². The van der Waals surface area contributed by atoms with Gasteiger partial charge in [0.15, 0.2) is 0 Å².